The van der Waals surface area contributed by atoms with Gasteiger partial charge < -0.3 is 5.32 Å². The van der Waals surface area contributed by atoms with Crippen molar-refractivity contribution >= 4 is 5.82 Å². The molecule has 1 atom stereocenters. The number of anilines is 1. The smallest absolute Gasteiger partial charge is 0.166 e. The van der Waals surface area contributed by atoms with Gasteiger partial charge in [-0.05, 0) is 39.4 Å². The van der Waals surface area contributed by atoms with Crippen LogP contribution in [0.25, 0.3) is 0 Å². The van der Waals surface area contributed by atoms with Crippen molar-refractivity contribution in [3.05, 3.63) is 16.8 Å². The molecule has 5 heteroatoms. The van der Waals surface area contributed by atoms with Crippen LogP contribution in [0.4, 0.5) is 5.82 Å². The first kappa shape index (κ1) is 15.4. The summed E-state index contributed by atoms with van der Waals surface area (Å²) in [6.07, 6.45) is 0. The Morgan fingerprint density at radius 2 is 1.89 bits per heavy atom. The highest BCUT2D eigenvalue weighted by atomic mass is 15.2. The number of nitrogens with one attached hydrogen (secondary N) is 1. The Labute approximate surface area is 115 Å². The summed E-state index contributed by atoms with van der Waals surface area (Å²) >= 11 is 0. The fraction of sp³-hybridized carbons (Fsp3) is 0.643. The van der Waals surface area contributed by atoms with Crippen molar-refractivity contribution < 1.29 is 0 Å². The zero-order valence-corrected chi connectivity index (χ0v) is 12.5. The second-order valence-corrected chi connectivity index (χ2v) is 4.70. The van der Waals surface area contributed by atoms with Crippen molar-refractivity contribution in [2.24, 2.45) is 0 Å². The van der Waals surface area contributed by atoms with E-state index in [-0.39, 0.29) is 0 Å². The highest BCUT2D eigenvalue weighted by Crippen LogP contribution is 2.17. The van der Waals surface area contributed by atoms with E-state index in [0.29, 0.717) is 17.4 Å². The van der Waals surface area contributed by atoms with Crippen molar-refractivity contribution in [1.29, 1.82) is 5.26 Å². The predicted molar refractivity (Wildman–Crippen MR) is 77.1 cm³/mol. The van der Waals surface area contributed by atoms with Gasteiger partial charge in [-0.2, -0.15) is 10.4 Å². The van der Waals surface area contributed by atoms with Crippen LogP contribution in [-0.2, 0) is 0 Å². The van der Waals surface area contributed by atoms with Crippen LogP contribution in [0.15, 0.2) is 0 Å². The van der Waals surface area contributed by atoms with E-state index in [4.69, 9.17) is 0 Å². The van der Waals surface area contributed by atoms with Crippen LogP contribution in [0.1, 0.15) is 37.6 Å². The summed E-state index contributed by atoms with van der Waals surface area (Å²) in [4.78, 5) is 2.35. The lowest BCUT2D eigenvalue weighted by molar-refractivity contribution is 0.240. The average molecular weight is 261 g/mol. The van der Waals surface area contributed by atoms with Crippen LogP contribution in [0, 0.1) is 25.2 Å². The highest BCUT2D eigenvalue weighted by molar-refractivity contribution is 5.55. The summed E-state index contributed by atoms with van der Waals surface area (Å²) < 4.78 is 0. The molecular formula is C14H23N5. The molecule has 0 aliphatic carbocycles. The molecule has 0 amide bonds. The van der Waals surface area contributed by atoms with Gasteiger partial charge in [-0.3, -0.25) is 4.90 Å². The van der Waals surface area contributed by atoms with Gasteiger partial charge >= 0.3 is 0 Å². The molecule has 19 heavy (non-hydrogen) atoms. The van der Waals surface area contributed by atoms with E-state index >= 15 is 0 Å². The predicted octanol–water partition coefficient (Wildman–Crippen LogP) is 2.11. The maximum Gasteiger partial charge on any atom is 0.166 e. The number of nitriles is 1. The molecule has 104 valence electrons. The minimum absolute atomic E-state index is 0.393. The SMILES string of the molecule is CCN(CC)[C@H](C)CNc1nnc(C)c(C)c1C#N. The van der Waals surface area contributed by atoms with Gasteiger partial charge in [-0.15, -0.1) is 5.10 Å². The van der Waals surface area contributed by atoms with Crippen LogP contribution >= 0.6 is 0 Å². The molecule has 0 saturated carbocycles. The van der Waals surface area contributed by atoms with Gasteiger partial charge in [0, 0.05) is 12.6 Å². The molecule has 0 aliphatic rings. The molecular weight excluding hydrogens is 238 g/mol. The third-order valence-corrected chi connectivity index (χ3v) is 3.57. The summed E-state index contributed by atoms with van der Waals surface area (Å²) in [5.74, 6) is 0.588. The third kappa shape index (κ3) is 3.65. The van der Waals surface area contributed by atoms with Crippen molar-refractivity contribution in [3.8, 4) is 6.07 Å². The normalized spacial score (nSPS) is 12.3. The fourth-order valence-electron chi connectivity index (χ4n) is 2.09. The summed E-state index contributed by atoms with van der Waals surface area (Å²) in [7, 11) is 0. The van der Waals surface area contributed by atoms with Gasteiger partial charge in [0.05, 0.1) is 5.69 Å². The van der Waals surface area contributed by atoms with Gasteiger partial charge in [0.2, 0.25) is 0 Å². The van der Waals surface area contributed by atoms with Gasteiger partial charge in [-0.1, -0.05) is 13.8 Å². The zero-order valence-electron chi connectivity index (χ0n) is 12.5. The Hall–Kier alpha value is -1.67. The summed E-state index contributed by atoms with van der Waals surface area (Å²) in [6, 6.07) is 2.60. The first-order valence-corrected chi connectivity index (χ1v) is 6.76. The van der Waals surface area contributed by atoms with Crippen LogP contribution in [0.5, 0.6) is 0 Å². The van der Waals surface area contributed by atoms with E-state index in [1.54, 1.807) is 0 Å². The largest absolute Gasteiger partial charge is 0.366 e. The lowest BCUT2D eigenvalue weighted by Crippen LogP contribution is -2.37. The summed E-state index contributed by atoms with van der Waals surface area (Å²) in [6.45, 7) is 13.0. The molecule has 1 heterocycles. The fourth-order valence-corrected chi connectivity index (χ4v) is 2.09. The minimum atomic E-state index is 0.393. The Kier molecular flexibility index (Phi) is 5.71. The molecule has 1 rings (SSSR count). The molecule has 0 fully saturated rings. The lowest BCUT2D eigenvalue weighted by Gasteiger charge is -2.26. The second-order valence-electron chi connectivity index (χ2n) is 4.70. The van der Waals surface area contributed by atoms with E-state index in [9.17, 15) is 5.26 Å². The Morgan fingerprint density at radius 3 is 2.42 bits per heavy atom. The van der Waals surface area contributed by atoms with Gasteiger partial charge in [0.25, 0.3) is 0 Å². The van der Waals surface area contributed by atoms with Crippen molar-refractivity contribution in [2.45, 2.75) is 40.7 Å². The zero-order chi connectivity index (χ0) is 14.4. The molecule has 0 radical (unpaired) electrons. The second kappa shape index (κ2) is 7.05. The molecule has 0 aliphatic heterocycles. The first-order valence-electron chi connectivity index (χ1n) is 6.76. The number of rotatable bonds is 6. The monoisotopic (exact) mass is 261 g/mol. The van der Waals surface area contributed by atoms with Crippen LogP contribution in [-0.4, -0.2) is 40.8 Å². The van der Waals surface area contributed by atoms with Gasteiger partial charge in [-0.25, -0.2) is 0 Å². The quantitative estimate of drug-likeness (QED) is 0.849. The molecule has 1 aromatic heterocycles. The molecule has 0 bridgehead atoms. The van der Waals surface area contributed by atoms with E-state index < -0.39 is 0 Å². The van der Waals surface area contributed by atoms with Crippen molar-refractivity contribution in [3.63, 3.8) is 0 Å². The van der Waals surface area contributed by atoms with Crippen molar-refractivity contribution in [1.82, 2.24) is 15.1 Å². The van der Waals surface area contributed by atoms with E-state index in [0.717, 1.165) is 30.9 Å². The first-order chi connectivity index (χ1) is 9.04. The molecule has 0 saturated heterocycles. The lowest BCUT2D eigenvalue weighted by atomic mass is 10.1. The standard InChI is InChI=1S/C14H23N5/c1-6-19(7-2)10(3)9-16-14-13(8-15)11(4)12(5)17-18-14/h10H,6-7,9H2,1-5H3,(H,16,18)/t10-/m1/s1. The number of hydrogen-bond acceptors (Lipinski definition) is 5. The Balaban J connectivity index is 2.79. The number of aromatic nitrogens is 2. The minimum Gasteiger partial charge on any atom is -0.366 e. The highest BCUT2D eigenvalue weighted by Gasteiger charge is 2.13. The molecule has 5 nitrogen and oxygen atoms in total. The molecule has 0 spiro atoms. The van der Waals surface area contributed by atoms with E-state index in [1.807, 2.05) is 13.8 Å². The number of hydrogen-bond donors (Lipinski definition) is 1. The maximum atomic E-state index is 9.22. The van der Waals surface area contributed by atoms with Gasteiger partial charge in [0.1, 0.15) is 11.6 Å². The van der Waals surface area contributed by atoms with E-state index in [1.165, 1.54) is 0 Å². The summed E-state index contributed by atoms with van der Waals surface area (Å²) in [5.41, 5.74) is 2.30. The third-order valence-electron chi connectivity index (χ3n) is 3.57. The van der Waals surface area contributed by atoms with Crippen LogP contribution < -0.4 is 5.32 Å². The topological polar surface area (TPSA) is 64.8 Å². The van der Waals surface area contributed by atoms with Crippen molar-refractivity contribution in [2.75, 3.05) is 25.0 Å². The molecule has 0 aromatic carbocycles. The summed E-state index contributed by atoms with van der Waals surface area (Å²) in [5, 5.41) is 20.6. The van der Waals surface area contributed by atoms with E-state index in [2.05, 4.69) is 47.3 Å². The Bertz CT molecular complexity index is 460. The Morgan fingerprint density at radius 1 is 1.26 bits per heavy atom. The maximum absolute atomic E-state index is 9.22. The number of likely N-dealkylation sites (N-methyl/N-ethyl adjacent to an activating group) is 1. The number of nitrogens with zero attached hydrogens (tertiary/aromatic N) is 4. The van der Waals surface area contributed by atoms with Crippen LogP contribution in [0.3, 0.4) is 0 Å². The average Bonchev–Trinajstić information content (AvgIpc) is 2.41. The van der Waals surface area contributed by atoms with Crippen LogP contribution in [0.2, 0.25) is 0 Å². The molecule has 1 aromatic rings. The number of aryl methyl sites for hydroxylation is 1. The molecule has 0 unspecified atom stereocenters. The van der Waals surface area contributed by atoms with Gasteiger partial charge in [0.15, 0.2) is 5.82 Å². The molecule has 1 N–H and O–H groups in total.